The van der Waals surface area contributed by atoms with E-state index in [1.807, 2.05) is 0 Å². The van der Waals surface area contributed by atoms with E-state index >= 15 is 0 Å². The Morgan fingerprint density at radius 1 is 1.36 bits per heavy atom. The average molecular weight is 205 g/mol. The molecule has 1 heterocycles. The van der Waals surface area contributed by atoms with Crippen LogP contribution in [0.1, 0.15) is 19.3 Å². The third-order valence-electron chi connectivity index (χ3n) is 2.42. The van der Waals surface area contributed by atoms with E-state index in [4.69, 9.17) is 5.26 Å². The quantitative estimate of drug-likeness (QED) is 0.695. The maximum absolute atomic E-state index is 8.91. The minimum Gasteiger partial charge on any atom is -0.231 e. The summed E-state index contributed by atoms with van der Waals surface area (Å²) in [6.45, 7) is 0. The van der Waals surface area contributed by atoms with Crippen molar-refractivity contribution in [2.24, 2.45) is 5.92 Å². The zero-order valence-electron chi connectivity index (χ0n) is 7.76. The maximum atomic E-state index is 8.91. The first-order chi connectivity index (χ1) is 6.90. The second kappa shape index (κ2) is 4.43. The molecular formula is C10H11N3S. The molecule has 0 radical (unpaired) electrons. The minimum atomic E-state index is 0.184. The van der Waals surface area contributed by atoms with E-state index in [1.54, 1.807) is 30.2 Å². The van der Waals surface area contributed by atoms with Gasteiger partial charge in [0.25, 0.3) is 0 Å². The van der Waals surface area contributed by atoms with Gasteiger partial charge in [0.05, 0.1) is 12.0 Å². The number of nitriles is 1. The molecular weight excluding hydrogens is 194 g/mol. The highest BCUT2D eigenvalue weighted by Gasteiger charge is 2.28. The molecule has 0 N–H and O–H groups in total. The van der Waals surface area contributed by atoms with Gasteiger partial charge in [-0.05, 0) is 18.9 Å². The van der Waals surface area contributed by atoms with Gasteiger partial charge in [-0.25, -0.2) is 9.97 Å². The highest BCUT2D eigenvalue weighted by molar-refractivity contribution is 7.99. The lowest BCUT2D eigenvalue weighted by Gasteiger charge is -2.10. The van der Waals surface area contributed by atoms with Crippen LogP contribution < -0.4 is 0 Å². The Hall–Kier alpha value is -1.08. The van der Waals surface area contributed by atoms with E-state index in [1.165, 1.54) is 0 Å². The fourth-order valence-corrected chi connectivity index (χ4v) is 2.86. The molecule has 0 spiro atoms. The molecule has 2 rings (SSSR count). The van der Waals surface area contributed by atoms with Crippen molar-refractivity contribution in [1.82, 2.24) is 9.97 Å². The molecule has 4 heteroatoms. The Kier molecular flexibility index (Phi) is 3.00. The van der Waals surface area contributed by atoms with Crippen molar-refractivity contribution in [3.63, 3.8) is 0 Å². The zero-order valence-corrected chi connectivity index (χ0v) is 8.57. The lowest BCUT2D eigenvalue weighted by Crippen LogP contribution is -2.08. The Labute approximate surface area is 87.6 Å². The molecule has 1 fully saturated rings. The largest absolute Gasteiger partial charge is 0.231 e. The molecule has 3 nitrogen and oxygen atoms in total. The Bertz CT molecular complexity index is 333. The van der Waals surface area contributed by atoms with Crippen LogP contribution in [0.2, 0.25) is 0 Å². The zero-order chi connectivity index (χ0) is 9.80. The molecule has 1 aliphatic rings. The second-order valence-electron chi connectivity index (χ2n) is 3.35. The molecule has 72 valence electrons. The summed E-state index contributed by atoms with van der Waals surface area (Å²) in [5, 5.41) is 10.1. The van der Waals surface area contributed by atoms with Crippen molar-refractivity contribution >= 4 is 11.8 Å². The fourth-order valence-electron chi connectivity index (χ4n) is 1.70. The van der Waals surface area contributed by atoms with Gasteiger partial charge in [-0.1, -0.05) is 18.2 Å². The summed E-state index contributed by atoms with van der Waals surface area (Å²) >= 11 is 1.64. The monoisotopic (exact) mass is 205 g/mol. The van der Waals surface area contributed by atoms with Crippen LogP contribution in [0.15, 0.2) is 23.6 Å². The SMILES string of the molecule is N#CC1CCCC1Sc1ncccn1. The van der Waals surface area contributed by atoms with Crippen molar-refractivity contribution in [2.45, 2.75) is 29.7 Å². The van der Waals surface area contributed by atoms with Crippen molar-refractivity contribution in [3.05, 3.63) is 18.5 Å². The predicted molar refractivity (Wildman–Crippen MR) is 54.6 cm³/mol. The van der Waals surface area contributed by atoms with E-state index in [2.05, 4.69) is 16.0 Å². The van der Waals surface area contributed by atoms with Gasteiger partial charge in [-0.2, -0.15) is 5.26 Å². The van der Waals surface area contributed by atoms with Crippen LogP contribution in [0, 0.1) is 17.2 Å². The minimum absolute atomic E-state index is 0.184. The first-order valence-corrected chi connectivity index (χ1v) is 5.61. The molecule has 0 bridgehead atoms. The molecule has 2 unspecified atom stereocenters. The van der Waals surface area contributed by atoms with Gasteiger partial charge in [0.1, 0.15) is 0 Å². The van der Waals surface area contributed by atoms with E-state index in [9.17, 15) is 0 Å². The summed E-state index contributed by atoms with van der Waals surface area (Å²) < 4.78 is 0. The Balaban J connectivity index is 2.01. The fraction of sp³-hybridized carbons (Fsp3) is 0.500. The number of hydrogen-bond donors (Lipinski definition) is 0. The summed E-state index contributed by atoms with van der Waals surface area (Å²) in [4.78, 5) is 8.31. The lowest BCUT2D eigenvalue weighted by molar-refractivity contribution is 0.712. The summed E-state index contributed by atoms with van der Waals surface area (Å²) in [7, 11) is 0. The number of aromatic nitrogens is 2. The molecule has 1 aliphatic carbocycles. The van der Waals surface area contributed by atoms with Gasteiger partial charge in [-0.3, -0.25) is 0 Å². The summed E-state index contributed by atoms with van der Waals surface area (Å²) in [6.07, 6.45) is 6.78. The summed E-state index contributed by atoms with van der Waals surface area (Å²) in [5.41, 5.74) is 0. The first kappa shape index (κ1) is 9.47. The summed E-state index contributed by atoms with van der Waals surface area (Å²) in [5.74, 6) is 0.184. The second-order valence-corrected chi connectivity index (χ2v) is 4.56. The maximum Gasteiger partial charge on any atom is 0.187 e. The molecule has 0 saturated heterocycles. The average Bonchev–Trinajstić information content (AvgIpc) is 2.67. The molecule has 14 heavy (non-hydrogen) atoms. The van der Waals surface area contributed by atoms with Gasteiger partial charge in [0, 0.05) is 17.6 Å². The van der Waals surface area contributed by atoms with Crippen molar-refractivity contribution in [2.75, 3.05) is 0 Å². The first-order valence-electron chi connectivity index (χ1n) is 4.73. The van der Waals surface area contributed by atoms with Crippen LogP contribution in [-0.4, -0.2) is 15.2 Å². The Morgan fingerprint density at radius 2 is 2.14 bits per heavy atom. The van der Waals surface area contributed by atoms with Crippen molar-refractivity contribution in [3.8, 4) is 6.07 Å². The van der Waals surface area contributed by atoms with Gasteiger partial charge in [0.2, 0.25) is 0 Å². The van der Waals surface area contributed by atoms with Gasteiger partial charge < -0.3 is 0 Å². The van der Waals surface area contributed by atoms with Crippen LogP contribution >= 0.6 is 11.8 Å². The van der Waals surface area contributed by atoms with Gasteiger partial charge in [0.15, 0.2) is 5.16 Å². The molecule has 1 saturated carbocycles. The smallest absolute Gasteiger partial charge is 0.187 e. The predicted octanol–water partition coefficient (Wildman–Crippen LogP) is 2.26. The van der Waals surface area contributed by atoms with Crippen molar-refractivity contribution < 1.29 is 0 Å². The van der Waals surface area contributed by atoms with Crippen LogP contribution in [0.3, 0.4) is 0 Å². The van der Waals surface area contributed by atoms with Crippen LogP contribution in [-0.2, 0) is 0 Å². The highest BCUT2D eigenvalue weighted by Crippen LogP contribution is 2.36. The normalized spacial score (nSPS) is 25.9. The molecule has 1 aromatic rings. The third-order valence-corrected chi connectivity index (χ3v) is 3.71. The standard InChI is InChI=1S/C10H11N3S/c11-7-8-3-1-4-9(8)14-10-12-5-2-6-13-10/h2,5-6,8-9H,1,3-4H2. The van der Waals surface area contributed by atoms with E-state index in [-0.39, 0.29) is 5.92 Å². The Morgan fingerprint density at radius 3 is 2.86 bits per heavy atom. The molecule has 2 atom stereocenters. The molecule has 0 aliphatic heterocycles. The number of thioether (sulfide) groups is 1. The topological polar surface area (TPSA) is 49.6 Å². The van der Waals surface area contributed by atoms with Crippen LogP contribution in [0.25, 0.3) is 0 Å². The molecule has 0 aromatic carbocycles. The van der Waals surface area contributed by atoms with Gasteiger partial charge >= 0.3 is 0 Å². The summed E-state index contributed by atoms with van der Waals surface area (Å²) in [6, 6.07) is 4.16. The number of rotatable bonds is 2. The van der Waals surface area contributed by atoms with E-state index in [0.29, 0.717) is 5.25 Å². The van der Waals surface area contributed by atoms with Crippen LogP contribution in [0.5, 0.6) is 0 Å². The van der Waals surface area contributed by atoms with Gasteiger partial charge in [-0.15, -0.1) is 0 Å². The molecule has 1 aromatic heterocycles. The van der Waals surface area contributed by atoms with E-state index < -0.39 is 0 Å². The number of hydrogen-bond acceptors (Lipinski definition) is 4. The van der Waals surface area contributed by atoms with E-state index in [0.717, 1.165) is 24.4 Å². The van der Waals surface area contributed by atoms with Crippen LogP contribution in [0.4, 0.5) is 0 Å². The number of nitrogens with zero attached hydrogens (tertiary/aromatic N) is 3. The lowest BCUT2D eigenvalue weighted by atomic mass is 10.1. The highest BCUT2D eigenvalue weighted by atomic mass is 32.2. The van der Waals surface area contributed by atoms with Crippen molar-refractivity contribution in [1.29, 1.82) is 5.26 Å². The third kappa shape index (κ3) is 2.05. The molecule has 0 amide bonds.